The molecule has 5 rings (SSSR count). The fourth-order valence-corrected chi connectivity index (χ4v) is 6.10. The Balaban J connectivity index is 1.32. The van der Waals surface area contributed by atoms with Crippen LogP contribution >= 0.6 is 0 Å². The number of nitrogens with zero attached hydrogens (tertiary/aromatic N) is 2. The first-order chi connectivity index (χ1) is 16.4. The van der Waals surface area contributed by atoms with Gasteiger partial charge in [-0.05, 0) is 82.1 Å². The molecular formula is C28H34N4O2. The molecule has 178 valence electrons. The van der Waals surface area contributed by atoms with Crippen molar-refractivity contribution in [2.24, 2.45) is 17.8 Å². The first kappa shape index (κ1) is 22.6. The summed E-state index contributed by atoms with van der Waals surface area (Å²) in [6, 6.07) is 15.2. The summed E-state index contributed by atoms with van der Waals surface area (Å²) in [4.78, 5) is 30.7. The lowest BCUT2D eigenvalue weighted by Crippen LogP contribution is -2.42. The molecule has 34 heavy (non-hydrogen) atoms. The van der Waals surface area contributed by atoms with E-state index >= 15 is 0 Å². The van der Waals surface area contributed by atoms with Crippen LogP contribution in [0.4, 0.5) is 0 Å². The molecule has 0 spiro atoms. The van der Waals surface area contributed by atoms with Gasteiger partial charge in [0.2, 0.25) is 5.91 Å². The Morgan fingerprint density at radius 2 is 1.79 bits per heavy atom. The van der Waals surface area contributed by atoms with Crippen LogP contribution in [0.15, 0.2) is 48.5 Å². The lowest BCUT2D eigenvalue weighted by atomic mass is 9.84. The molecule has 1 heterocycles. The smallest absolute Gasteiger partial charge is 0.251 e. The van der Waals surface area contributed by atoms with Gasteiger partial charge in [-0.2, -0.15) is 0 Å². The molecule has 2 aliphatic rings. The van der Waals surface area contributed by atoms with Crippen LogP contribution in [-0.4, -0.2) is 27.4 Å². The molecule has 6 heteroatoms. The number of imidazole rings is 1. The van der Waals surface area contributed by atoms with E-state index in [2.05, 4.69) is 17.6 Å². The molecule has 2 fully saturated rings. The van der Waals surface area contributed by atoms with E-state index in [-0.39, 0.29) is 30.4 Å². The topological polar surface area (TPSA) is 76.0 Å². The zero-order valence-electron chi connectivity index (χ0n) is 20.3. The summed E-state index contributed by atoms with van der Waals surface area (Å²) in [6.45, 7) is 6.25. The zero-order chi connectivity index (χ0) is 23.8. The second-order valence-corrected chi connectivity index (χ2v) is 10.3. The van der Waals surface area contributed by atoms with Crippen LogP contribution in [0.2, 0.25) is 0 Å². The highest BCUT2D eigenvalue weighted by Crippen LogP contribution is 2.49. The Labute approximate surface area is 201 Å². The minimum atomic E-state index is -0.350. The van der Waals surface area contributed by atoms with Gasteiger partial charge in [0.25, 0.3) is 5.91 Å². The standard InChI is InChI=1S/C28H34N4O2/c1-17-8-11-21(12-9-17)28(34)30-19(3)27-31-24-6-4-5-7-25(24)32(27)16-26(33)29-18(2)23-15-20-10-13-22(23)14-20/h4-9,11-12,18-20,22-23H,10,13-16H2,1-3H3,(H,29,33)(H,30,34)/t18-,19+,20-,22-,23-/m0/s1. The second-order valence-electron chi connectivity index (χ2n) is 10.3. The molecule has 2 amide bonds. The van der Waals surface area contributed by atoms with Crippen molar-refractivity contribution in [1.29, 1.82) is 0 Å². The van der Waals surface area contributed by atoms with Gasteiger partial charge in [0, 0.05) is 11.6 Å². The predicted octanol–water partition coefficient (Wildman–Crippen LogP) is 4.78. The summed E-state index contributed by atoms with van der Waals surface area (Å²) in [7, 11) is 0. The van der Waals surface area contributed by atoms with Gasteiger partial charge in [-0.1, -0.05) is 36.2 Å². The Morgan fingerprint density at radius 1 is 1.03 bits per heavy atom. The van der Waals surface area contributed by atoms with Gasteiger partial charge in [0.1, 0.15) is 12.4 Å². The molecule has 0 saturated heterocycles. The van der Waals surface area contributed by atoms with Crippen molar-refractivity contribution in [2.75, 3.05) is 0 Å². The van der Waals surface area contributed by atoms with E-state index in [1.165, 1.54) is 25.7 Å². The Hall–Kier alpha value is -3.15. The number of rotatable bonds is 7. The number of hydrogen-bond donors (Lipinski definition) is 2. The van der Waals surface area contributed by atoms with Crippen molar-refractivity contribution in [1.82, 2.24) is 20.2 Å². The number of nitrogens with one attached hydrogen (secondary N) is 2. The Morgan fingerprint density at radius 3 is 2.50 bits per heavy atom. The number of para-hydroxylation sites is 2. The number of carbonyl (C=O) groups is 2. The van der Waals surface area contributed by atoms with Crippen LogP contribution in [0.25, 0.3) is 11.0 Å². The Bertz CT molecular complexity index is 1200. The van der Waals surface area contributed by atoms with E-state index in [4.69, 9.17) is 4.98 Å². The molecule has 1 aromatic heterocycles. The SMILES string of the molecule is Cc1ccc(C(=O)N[C@H](C)c2nc3ccccc3n2CC(=O)N[C@@H](C)[C@@H]2C[C@H]3CC[C@H]2C3)cc1. The summed E-state index contributed by atoms with van der Waals surface area (Å²) in [6.07, 6.45) is 5.25. The molecule has 0 radical (unpaired) electrons. The lowest BCUT2D eigenvalue weighted by Gasteiger charge is -2.28. The maximum absolute atomic E-state index is 13.1. The van der Waals surface area contributed by atoms with Crippen molar-refractivity contribution < 1.29 is 9.59 Å². The maximum Gasteiger partial charge on any atom is 0.251 e. The van der Waals surface area contributed by atoms with Gasteiger partial charge in [0.15, 0.2) is 0 Å². The third-order valence-electron chi connectivity index (χ3n) is 7.86. The molecule has 2 aromatic carbocycles. The van der Waals surface area contributed by atoms with Gasteiger partial charge in [-0.15, -0.1) is 0 Å². The van der Waals surface area contributed by atoms with Crippen LogP contribution in [0.5, 0.6) is 0 Å². The van der Waals surface area contributed by atoms with E-state index < -0.39 is 0 Å². The molecule has 6 nitrogen and oxygen atoms in total. The van der Waals surface area contributed by atoms with Crippen LogP contribution < -0.4 is 10.6 Å². The van der Waals surface area contributed by atoms with Crippen molar-refractivity contribution in [3.8, 4) is 0 Å². The van der Waals surface area contributed by atoms with Crippen molar-refractivity contribution in [3.05, 3.63) is 65.5 Å². The molecular weight excluding hydrogens is 424 g/mol. The number of aromatic nitrogens is 2. The molecule has 2 bridgehead atoms. The highest BCUT2D eigenvalue weighted by molar-refractivity contribution is 5.94. The molecule has 2 aliphatic carbocycles. The third-order valence-corrected chi connectivity index (χ3v) is 7.86. The van der Waals surface area contributed by atoms with E-state index in [1.807, 2.05) is 66.9 Å². The predicted molar refractivity (Wildman–Crippen MR) is 133 cm³/mol. The van der Waals surface area contributed by atoms with Gasteiger partial charge in [0.05, 0.1) is 17.1 Å². The highest BCUT2D eigenvalue weighted by Gasteiger charge is 2.42. The van der Waals surface area contributed by atoms with Gasteiger partial charge < -0.3 is 15.2 Å². The normalized spacial score (nSPS) is 23.1. The molecule has 0 unspecified atom stereocenters. The molecule has 2 N–H and O–H groups in total. The first-order valence-electron chi connectivity index (χ1n) is 12.5. The highest BCUT2D eigenvalue weighted by atomic mass is 16.2. The van der Waals surface area contributed by atoms with Crippen LogP contribution in [0, 0.1) is 24.7 Å². The summed E-state index contributed by atoms with van der Waals surface area (Å²) in [5, 5.41) is 6.33. The quantitative estimate of drug-likeness (QED) is 0.535. The third kappa shape index (κ3) is 4.46. The van der Waals surface area contributed by atoms with E-state index in [1.54, 1.807) is 0 Å². The van der Waals surface area contributed by atoms with Gasteiger partial charge in [-0.3, -0.25) is 9.59 Å². The van der Waals surface area contributed by atoms with Crippen LogP contribution in [-0.2, 0) is 11.3 Å². The summed E-state index contributed by atoms with van der Waals surface area (Å²) in [5.74, 6) is 2.74. The summed E-state index contributed by atoms with van der Waals surface area (Å²) < 4.78 is 1.94. The molecule has 2 saturated carbocycles. The zero-order valence-corrected chi connectivity index (χ0v) is 20.3. The van der Waals surface area contributed by atoms with Gasteiger partial charge >= 0.3 is 0 Å². The fraction of sp³-hybridized carbons (Fsp3) is 0.464. The van der Waals surface area contributed by atoms with E-state index in [0.717, 1.165) is 28.4 Å². The lowest BCUT2D eigenvalue weighted by molar-refractivity contribution is -0.122. The van der Waals surface area contributed by atoms with Crippen LogP contribution in [0.3, 0.4) is 0 Å². The fourth-order valence-electron chi connectivity index (χ4n) is 6.10. The first-order valence-corrected chi connectivity index (χ1v) is 12.5. The molecule has 0 aliphatic heterocycles. The van der Waals surface area contributed by atoms with Crippen molar-refractivity contribution in [3.63, 3.8) is 0 Å². The van der Waals surface area contributed by atoms with Crippen molar-refractivity contribution >= 4 is 22.8 Å². The largest absolute Gasteiger partial charge is 0.352 e. The summed E-state index contributed by atoms with van der Waals surface area (Å²) >= 11 is 0. The average Bonchev–Trinajstić information content (AvgIpc) is 3.54. The molecule has 5 atom stereocenters. The van der Waals surface area contributed by atoms with Crippen LogP contribution in [0.1, 0.15) is 67.3 Å². The second kappa shape index (κ2) is 9.24. The number of aryl methyl sites for hydroxylation is 1. The monoisotopic (exact) mass is 458 g/mol. The number of fused-ring (bicyclic) bond motifs is 3. The Kier molecular flexibility index (Phi) is 6.15. The van der Waals surface area contributed by atoms with E-state index in [0.29, 0.717) is 17.3 Å². The minimum Gasteiger partial charge on any atom is -0.352 e. The van der Waals surface area contributed by atoms with Gasteiger partial charge in [-0.25, -0.2) is 4.98 Å². The minimum absolute atomic E-state index is 0.00302. The number of carbonyl (C=O) groups excluding carboxylic acids is 2. The molecule has 3 aromatic rings. The average molecular weight is 459 g/mol. The number of benzene rings is 2. The number of hydrogen-bond acceptors (Lipinski definition) is 3. The maximum atomic E-state index is 13.1. The van der Waals surface area contributed by atoms with E-state index in [9.17, 15) is 9.59 Å². The summed E-state index contributed by atoms with van der Waals surface area (Å²) in [5.41, 5.74) is 3.44. The number of amides is 2. The van der Waals surface area contributed by atoms with Crippen molar-refractivity contribution in [2.45, 2.75) is 65.1 Å².